The summed E-state index contributed by atoms with van der Waals surface area (Å²) >= 11 is 0. The number of hydrogen-bond donors (Lipinski definition) is 2. The van der Waals surface area contributed by atoms with E-state index >= 15 is 0 Å². The molecule has 138 valence electrons. The summed E-state index contributed by atoms with van der Waals surface area (Å²) in [5, 5.41) is 17.1. The molecule has 4 aromatic rings. The van der Waals surface area contributed by atoms with Crippen LogP contribution in [-0.4, -0.2) is 30.7 Å². The number of nitrogens with zero attached hydrogens (tertiary/aromatic N) is 4. The van der Waals surface area contributed by atoms with Crippen LogP contribution in [-0.2, 0) is 0 Å². The van der Waals surface area contributed by atoms with Gasteiger partial charge in [-0.2, -0.15) is 9.61 Å². The molecule has 0 amide bonds. The maximum Gasteiger partial charge on any atom is 0.335 e. The molecule has 0 spiro atoms. The molecule has 0 unspecified atom stereocenters. The highest BCUT2D eigenvalue weighted by Crippen LogP contribution is 2.40. The van der Waals surface area contributed by atoms with Gasteiger partial charge >= 0.3 is 5.97 Å². The first-order valence-electron chi connectivity index (χ1n) is 9.10. The topological polar surface area (TPSA) is 92.4 Å². The van der Waals surface area contributed by atoms with Crippen molar-refractivity contribution in [2.24, 2.45) is 0 Å². The van der Waals surface area contributed by atoms with Crippen LogP contribution in [0.5, 0.6) is 0 Å². The van der Waals surface area contributed by atoms with Crippen molar-refractivity contribution in [1.29, 1.82) is 0 Å². The van der Waals surface area contributed by atoms with E-state index in [0.717, 1.165) is 47.1 Å². The van der Waals surface area contributed by atoms with Crippen molar-refractivity contribution >= 4 is 23.1 Å². The first-order chi connectivity index (χ1) is 13.7. The van der Waals surface area contributed by atoms with E-state index in [1.807, 2.05) is 30.3 Å². The van der Waals surface area contributed by atoms with Crippen LogP contribution in [0.3, 0.4) is 0 Å². The molecule has 0 bridgehead atoms. The molecule has 3 heterocycles. The summed E-state index contributed by atoms with van der Waals surface area (Å²) in [5.74, 6) is 0.319. The number of carboxylic acids is 1. The van der Waals surface area contributed by atoms with Gasteiger partial charge in [-0.25, -0.2) is 9.78 Å². The summed E-state index contributed by atoms with van der Waals surface area (Å²) in [4.78, 5) is 20.2. The second-order valence-electron chi connectivity index (χ2n) is 6.86. The molecule has 1 aliphatic carbocycles. The van der Waals surface area contributed by atoms with Gasteiger partial charge in [0.2, 0.25) is 0 Å². The molecule has 1 fully saturated rings. The first-order valence-corrected chi connectivity index (χ1v) is 9.10. The number of carboxylic acid groups (broad SMARTS) is 1. The molecule has 7 heteroatoms. The Balaban J connectivity index is 1.59. The lowest BCUT2D eigenvalue weighted by molar-refractivity contribution is 0.0697. The van der Waals surface area contributed by atoms with Crippen LogP contribution in [0.25, 0.3) is 17.0 Å². The fraction of sp³-hybridized carbons (Fsp3) is 0.143. The molecule has 0 saturated heterocycles. The molecular weight excluding hydrogens is 354 g/mol. The van der Waals surface area contributed by atoms with Crippen molar-refractivity contribution in [2.45, 2.75) is 18.8 Å². The predicted octanol–water partition coefficient (Wildman–Crippen LogP) is 4.11. The van der Waals surface area contributed by atoms with Crippen LogP contribution in [0.15, 0.2) is 60.8 Å². The fourth-order valence-electron chi connectivity index (χ4n) is 3.15. The van der Waals surface area contributed by atoms with Crippen molar-refractivity contribution in [1.82, 2.24) is 19.6 Å². The van der Waals surface area contributed by atoms with Crippen LogP contribution in [0, 0.1) is 0 Å². The molecule has 2 N–H and O–H groups in total. The van der Waals surface area contributed by atoms with Gasteiger partial charge in [-0.1, -0.05) is 6.07 Å². The van der Waals surface area contributed by atoms with Gasteiger partial charge in [0.05, 0.1) is 22.6 Å². The molecule has 1 saturated carbocycles. The highest BCUT2D eigenvalue weighted by Gasteiger charge is 2.27. The lowest BCUT2D eigenvalue weighted by Gasteiger charge is -2.10. The van der Waals surface area contributed by atoms with Gasteiger partial charge in [-0.3, -0.25) is 4.98 Å². The van der Waals surface area contributed by atoms with Crippen molar-refractivity contribution < 1.29 is 9.90 Å². The SMILES string of the molecule is O=C(O)c1ccc(Nc2cc(-c3ccccn3)nc3cc(C4CC4)nn23)cc1. The largest absolute Gasteiger partial charge is 0.478 e. The minimum atomic E-state index is -0.948. The molecule has 0 atom stereocenters. The van der Waals surface area contributed by atoms with Gasteiger partial charge in [0.25, 0.3) is 0 Å². The molecule has 1 aliphatic rings. The molecular formula is C21H17N5O2. The van der Waals surface area contributed by atoms with Crippen LogP contribution in [0.1, 0.15) is 34.8 Å². The third-order valence-corrected chi connectivity index (χ3v) is 4.77. The zero-order valence-corrected chi connectivity index (χ0v) is 14.9. The molecule has 7 nitrogen and oxygen atoms in total. The summed E-state index contributed by atoms with van der Waals surface area (Å²) in [7, 11) is 0. The summed E-state index contributed by atoms with van der Waals surface area (Å²) < 4.78 is 1.80. The van der Waals surface area contributed by atoms with Crippen molar-refractivity contribution in [3.8, 4) is 11.4 Å². The third-order valence-electron chi connectivity index (χ3n) is 4.77. The zero-order valence-electron chi connectivity index (χ0n) is 14.9. The van der Waals surface area contributed by atoms with Gasteiger partial charge in [0.1, 0.15) is 5.82 Å². The number of anilines is 2. The van der Waals surface area contributed by atoms with Crippen LogP contribution in [0.2, 0.25) is 0 Å². The molecule has 5 rings (SSSR count). The smallest absolute Gasteiger partial charge is 0.335 e. The second kappa shape index (κ2) is 6.45. The van der Waals surface area contributed by atoms with Gasteiger partial charge < -0.3 is 10.4 Å². The molecule has 0 radical (unpaired) electrons. The average Bonchev–Trinajstić information content (AvgIpc) is 3.48. The minimum Gasteiger partial charge on any atom is -0.478 e. The van der Waals surface area contributed by atoms with Gasteiger partial charge in [0, 0.05) is 29.9 Å². The zero-order chi connectivity index (χ0) is 19.1. The Hall–Kier alpha value is -3.74. The van der Waals surface area contributed by atoms with E-state index in [1.54, 1.807) is 35.0 Å². The number of aromatic carboxylic acids is 1. The molecule has 0 aliphatic heterocycles. The number of hydrogen-bond acceptors (Lipinski definition) is 5. The van der Waals surface area contributed by atoms with Crippen LogP contribution >= 0.6 is 0 Å². The van der Waals surface area contributed by atoms with E-state index < -0.39 is 5.97 Å². The summed E-state index contributed by atoms with van der Waals surface area (Å²) in [6, 6.07) is 16.3. The van der Waals surface area contributed by atoms with Gasteiger partial charge in [-0.15, -0.1) is 0 Å². The van der Waals surface area contributed by atoms with Gasteiger partial charge in [0.15, 0.2) is 5.65 Å². The maximum absolute atomic E-state index is 11.1. The number of nitrogens with one attached hydrogen (secondary N) is 1. The first kappa shape index (κ1) is 16.4. The Labute approximate surface area is 160 Å². The van der Waals surface area contributed by atoms with Crippen molar-refractivity contribution in [3.05, 3.63) is 72.1 Å². The highest BCUT2D eigenvalue weighted by atomic mass is 16.4. The highest BCUT2D eigenvalue weighted by molar-refractivity contribution is 5.88. The molecule has 1 aromatic carbocycles. The minimum absolute atomic E-state index is 0.245. The number of benzene rings is 1. The number of pyridine rings is 1. The lowest BCUT2D eigenvalue weighted by Crippen LogP contribution is -2.03. The van der Waals surface area contributed by atoms with Crippen LogP contribution < -0.4 is 5.32 Å². The van der Waals surface area contributed by atoms with E-state index in [4.69, 9.17) is 15.2 Å². The van der Waals surface area contributed by atoms with Crippen molar-refractivity contribution in [2.75, 3.05) is 5.32 Å². The second-order valence-corrected chi connectivity index (χ2v) is 6.86. The third kappa shape index (κ3) is 3.07. The monoisotopic (exact) mass is 371 g/mol. The number of aromatic nitrogens is 4. The van der Waals surface area contributed by atoms with E-state index in [1.165, 1.54) is 0 Å². The number of rotatable bonds is 5. The van der Waals surface area contributed by atoms with Crippen molar-refractivity contribution in [3.63, 3.8) is 0 Å². The van der Waals surface area contributed by atoms with Crippen LogP contribution in [0.4, 0.5) is 11.5 Å². The lowest BCUT2D eigenvalue weighted by atomic mass is 10.2. The Kier molecular flexibility index (Phi) is 3.79. The molecule has 28 heavy (non-hydrogen) atoms. The summed E-state index contributed by atoms with van der Waals surface area (Å²) in [5.41, 5.74) is 4.36. The maximum atomic E-state index is 11.1. The number of fused-ring (bicyclic) bond motifs is 1. The summed E-state index contributed by atoms with van der Waals surface area (Å²) in [6.45, 7) is 0. The Morgan fingerprint density at radius 3 is 2.57 bits per heavy atom. The predicted molar refractivity (Wildman–Crippen MR) is 105 cm³/mol. The standard InChI is InChI=1S/C21H17N5O2/c27-21(28)14-6-8-15(9-7-14)23-19-12-18(16-3-1-2-10-22-16)24-20-11-17(13-4-5-13)25-26(19)20/h1-3,6-13,23H,4-5H2,(H,27,28). The fourth-order valence-corrected chi connectivity index (χ4v) is 3.15. The van der Waals surface area contributed by atoms with E-state index in [2.05, 4.69) is 10.3 Å². The number of carbonyl (C=O) groups is 1. The van der Waals surface area contributed by atoms with Gasteiger partial charge in [-0.05, 0) is 49.2 Å². The van der Waals surface area contributed by atoms with E-state index in [9.17, 15) is 4.79 Å². The Morgan fingerprint density at radius 2 is 1.89 bits per heavy atom. The summed E-state index contributed by atoms with van der Waals surface area (Å²) in [6.07, 6.45) is 4.07. The Morgan fingerprint density at radius 1 is 1.07 bits per heavy atom. The van der Waals surface area contributed by atoms with E-state index in [-0.39, 0.29) is 5.56 Å². The Bertz CT molecular complexity index is 1160. The quantitative estimate of drug-likeness (QED) is 0.548. The molecule has 3 aromatic heterocycles. The normalized spacial score (nSPS) is 13.6. The average molecular weight is 371 g/mol. The van der Waals surface area contributed by atoms with E-state index in [0.29, 0.717) is 5.92 Å².